The zero-order valence-electron chi connectivity index (χ0n) is 12.8. The Morgan fingerprint density at radius 1 is 1.24 bits per heavy atom. The van der Waals surface area contributed by atoms with Crippen LogP contribution in [0.1, 0.15) is 26.3 Å². The van der Waals surface area contributed by atoms with E-state index in [0.29, 0.717) is 12.5 Å². The lowest BCUT2D eigenvalue weighted by Gasteiger charge is -2.13. The Hall–Kier alpha value is -1.60. The molecule has 0 aliphatic carbocycles. The molecule has 0 saturated heterocycles. The van der Waals surface area contributed by atoms with Crippen molar-refractivity contribution in [2.24, 2.45) is 16.0 Å². The van der Waals surface area contributed by atoms with Gasteiger partial charge in [0.2, 0.25) is 10.0 Å². The molecule has 6 nitrogen and oxygen atoms in total. The van der Waals surface area contributed by atoms with Crippen LogP contribution in [0.25, 0.3) is 0 Å². The third-order valence-electron chi connectivity index (χ3n) is 2.69. The Kier molecular flexibility index (Phi) is 6.64. The molecule has 4 N–H and O–H groups in total. The van der Waals surface area contributed by atoms with Crippen LogP contribution in [0.15, 0.2) is 34.2 Å². The first-order chi connectivity index (χ1) is 9.82. The summed E-state index contributed by atoms with van der Waals surface area (Å²) in [6.07, 6.45) is 0. The maximum atomic E-state index is 11.2. The molecule has 0 spiro atoms. The van der Waals surface area contributed by atoms with Crippen molar-refractivity contribution in [1.29, 1.82) is 0 Å². The van der Waals surface area contributed by atoms with E-state index >= 15 is 0 Å². The van der Waals surface area contributed by atoms with E-state index in [9.17, 15) is 8.42 Å². The van der Waals surface area contributed by atoms with Crippen LogP contribution in [0.3, 0.4) is 0 Å². The van der Waals surface area contributed by atoms with Gasteiger partial charge in [0, 0.05) is 13.1 Å². The van der Waals surface area contributed by atoms with Crippen molar-refractivity contribution in [3.63, 3.8) is 0 Å². The van der Waals surface area contributed by atoms with E-state index in [4.69, 9.17) is 5.14 Å². The van der Waals surface area contributed by atoms with Gasteiger partial charge in [0.25, 0.3) is 0 Å². The summed E-state index contributed by atoms with van der Waals surface area (Å²) in [4.78, 5) is 4.57. The van der Waals surface area contributed by atoms with Gasteiger partial charge in [-0.1, -0.05) is 26.0 Å². The second kappa shape index (κ2) is 7.99. The maximum Gasteiger partial charge on any atom is 0.238 e. The molecule has 1 rings (SSSR count). The van der Waals surface area contributed by atoms with E-state index in [1.165, 1.54) is 12.1 Å². The van der Waals surface area contributed by atoms with Crippen molar-refractivity contribution < 1.29 is 8.42 Å². The summed E-state index contributed by atoms with van der Waals surface area (Å²) < 4.78 is 22.3. The molecule has 0 amide bonds. The molecule has 0 radical (unpaired) electrons. The molecule has 21 heavy (non-hydrogen) atoms. The Labute approximate surface area is 126 Å². The molecule has 0 unspecified atom stereocenters. The number of primary sulfonamides is 1. The average Bonchev–Trinajstić information content (AvgIpc) is 2.41. The molecule has 118 valence electrons. The van der Waals surface area contributed by atoms with Gasteiger partial charge < -0.3 is 10.6 Å². The summed E-state index contributed by atoms with van der Waals surface area (Å²) in [7, 11) is -3.64. The Balaban J connectivity index is 2.71. The van der Waals surface area contributed by atoms with Crippen LogP contribution < -0.4 is 15.8 Å². The Bertz CT molecular complexity index is 565. The lowest BCUT2D eigenvalue weighted by molar-refractivity contribution is 0.598. The Morgan fingerprint density at radius 2 is 1.86 bits per heavy atom. The Morgan fingerprint density at radius 3 is 2.33 bits per heavy atom. The number of nitrogens with zero attached hydrogens (tertiary/aromatic N) is 1. The van der Waals surface area contributed by atoms with Gasteiger partial charge in [-0.05, 0) is 30.5 Å². The largest absolute Gasteiger partial charge is 0.357 e. The molecule has 1 aromatic rings. The predicted molar refractivity (Wildman–Crippen MR) is 85.5 cm³/mol. The van der Waals surface area contributed by atoms with Crippen LogP contribution in [0.4, 0.5) is 0 Å². The molecular weight excluding hydrogens is 288 g/mol. The zero-order chi connectivity index (χ0) is 15.9. The fraction of sp³-hybridized carbons (Fsp3) is 0.500. The zero-order valence-corrected chi connectivity index (χ0v) is 13.6. The third kappa shape index (κ3) is 6.59. The monoisotopic (exact) mass is 312 g/mol. The molecule has 1 aromatic carbocycles. The normalized spacial score (nSPS) is 12.5. The molecule has 0 atom stereocenters. The van der Waals surface area contributed by atoms with Crippen molar-refractivity contribution in [3.05, 3.63) is 29.8 Å². The number of sulfonamides is 1. The van der Waals surface area contributed by atoms with Gasteiger partial charge in [0.1, 0.15) is 0 Å². The second-order valence-electron chi connectivity index (χ2n) is 5.16. The van der Waals surface area contributed by atoms with Crippen LogP contribution >= 0.6 is 0 Å². The van der Waals surface area contributed by atoms with E-state index in [1.54, 1.807) is 12.1 Å². The van der Waals surface area contributed by atoms with Gasteiger partial charge in [-0.15, -0.1) is 0 Å². The first-order valence-electron chi connectivity index (χ1n) is 6.97. The molecular formula is C14H24N4O2S. The first-order valence-corrected chi connectivity index (χ1v) is 8.51. The summed E-state index contributed by atoms with van der Waals surface area (Å²) in [6.45, 7) is 8.36. The smallest absolute Gasteiger partial charge is 0.238 e. The van der Waals surface area contributed by atoms with E-state index in [-0.39, 0.29) is 4.90 Å². The number of guanidine groups is 1. The lowest BCUT2D eigenvalue weighted by Crippen LogP contribution is -2.39. The topological polar surface area (TPSA) is 96.6 Å². The highest BCUT2D eigenvalue weighted by atomic mass is 32.2. The molecule has 0 aliphatic rings. The van der Waals surface area contributed by atoms with Crippen molar-refractivity contribution in [2.75, 3.05) is 13.1 Å². The quantitative estimate of drug-likeness (QED) is 0.540. The van der Waals surface area contributed by atoms with E-state index in [1.807, 2.05) is 6.92 Å². The van der Waals surface area contributed by atoms with Crippen molar-refractivity contribution >= 4 is 16.0 Å². The molecule has 0 aliphatic heterocycles. The van der Waals surface area contributed by atoms with Crippen LogP contribution in [0, 0.1) is 5.92 Å². The fourth-order valence-corrected chi connectivity index (χ4v) is 2.11. The maximum absolute atomic E-state index is 11.2. The SMILES string of the molecule is CCNC(=NCc1ccc(S(N)(=O)=O)cc1)NCC(C)C. The molecule has 0 bridgehead atoms. The number of rotatable bonds is 6. The van der Waals surface area contributed by atoms with Crippen LogP contribution in [0.5, 0.6) is 0 Å². The van der Waals surface area contributed by atoms with Crippen molar-refractivity contribution in [2.45, 2.75) is 32.2 Å². The predicted octanol–water partition coefficient (Wildman–Crippen LogP) is 1.05. The first kappa shape index (κ1) is 17.5. The minimum atomic E-state index is -3.64. The summed E-state index contributed by atoms with van der Waals surface area (Å²) in [6, 6.07) is 6.42. The summed E-state index contributed by atoms with van der Waals surface area (Å²) >= 11 is 0. The number of benzene rings is 1. The van der Waals surface area contributed by atoms with E-state index in [0.717, 1.165) is 24.6 Å². The second-order valence-corrected chi connectivity index (χ2v) is 6.72. The van der Waals surface area contributed by atoms with Gasteiger partial charge in [0.05, 0.1) is 11.4 Å². The van der Waals surface area contributed by atoms with Gasteiger partial charge in [-0.25, -0.2) is 18.5 Å². The lowest BCUT2D eigenvalue weighted by atomic mass is 10.2. The van der Waals surface area contributed by atoms with Crippen molar-refractivity contribution in [1.82, 2.24) is 10.6 Å². The highest BCUT2D eigenvalue weighted by Gasteiger charge is 2.06. The minimum Gasteiger partial charge on any atom is -0.357 e. The van der Waals surface area contributed by atoms with Crippen LogP contribution in [0.2, 0.25) is 0 Å². The minimum absolute atomic E-state index is 0.111. The van der Waals surface area contributed by atoms with Gasteiger partial charge in [0.15, 0.2) is 5.96 Å². The van der Waals surface area contributed by atoms with Crippen molar-refractivity contribution in [3.8, 4) is 0 Å². The summed E-state index contributed by atoms with van der Waals surface area (Å²) in [5.41, 5.74) is 0.921. The molecule has 0 aromatic heterocycles. The number of hydrogen-bond acceptors (Lipinski definition) is 3. The van der Waals surface area contributed by atoms with Crippen LogP contribution in [-0.2, 0) is 16.6 Å². The van der Waals surface area contributed by atoms with Gasteiger partial charge in [-0.3, -0.25) is 0 Å². The van der Waals surface area contributed by atoms with Gasteiger partial charge in [-0.2, -0.15) is 0 Å². The summed E-state index contributed by atoms with van der Waals surface area (Å²) in [5, 5.41) is 11.5. The van der Waals surface area contributed by atoms with Crippen LogP contribution in [-0.4, -0.2) is 27.5 Å². The molecule has 0 heterocycles. The fourth-order valence-electron chi connectivity index (χ4n) is 1.60. The highest BCUT2D eigenvalue weighted by molar-refractivity contribution is 7.89. The number of aliphatic imine (C=N–C) groups is 1. The molecule has 0 fully saturated rings. The molecule has 0 saturated carbocycles. The highest BCUT2D eigenvalue weighted by Crippen LogP contribution is 2.09. The summed E-state index contributed by atoms with van der Waals surface area (Å²) in [5.74, 6) is 1.28. The number of nitrogens with one attached hydrogen (secondary N) is 2. The molecule has 7 heteroatoms. The number of nitrogens with two attached hydrogens (primary N) is 1. The van der Waals surface area contributed by atoms with E-state index < -0.39 is 10.0 Å². The average molecular weight is 312 g/mol. The van der Waals surface area contributed by atoms with Gasteiger partial charge >= 0.3 is 0 Å². The standard InChI is InChI=1S/C14H24N4O2S/c1-4-16-14(17-9-11(2)3)18-10-12-5-7-13(8-6-12)21(15,19)20/h5-8,11H,4,9-10H2,1-3H3,(H2,15,19,20)(H2,16,17,18). The third-order valence-corrected chi connectivity index (χ3v) is 3.62. The number of hydrogen-bond donors (Lipinski definition) is 3. The van der Waals surface area contributed by atoms with E-state index in [2.05, 4.69) is 29.5 Å².